The number of amides is 3. The number of carbonyl (C=O) groups excluding carboxylic acids is 3. The molecular formula is C31H29N5O4. The van der Waals surface area contributed by atoms with Crippen molar-refractivity contribution in [3.63, 3.8) is 0 Å². The molecule has 2 atom stereocenters. The Bertz CT molecular complexity index is 1480. The minimum Gasteiger partial charge on any atom is -0.438 e. The molecule has 1 fully saturated rings. The van der Waals surface area contributed by atoms with Gasteiger partial charge in [-0.3, -0.25) is 24.5 Å². The number of aryl methyl sites for hydroxylation is 1. The van der Waals surface area contributed by atoms with Crippen LogP contribution in [0.1, 0.15) is 38.8 Å². The van der Waals surface area contributed by atoms with Gasteiger partial charge in [-0.15, -0.1) is 0 Å². The number of benzene rings is 2. The van der Waals surface area contributed by atoms with Gasteiger partial charge in [0.2, 0.25) is 5.91 Å². The Labute approximate surface area is 232 Å². The van der Waals surface area contributed by atoms with Crippen molar-refractivity contribution in [2.45, 2.75) is 32.0 Å². The maximum Gasteiger partial charge on any atom is 0.411 e. The number of carbonyl (C=O) groups is 3. The monoisotopic (exact) mass is 535 g/mol. The first-order chi connectivity index (χ1) is 19.5. The number of hydrogen-bond donors (Lipinski definition) is 2. The van der Waals surface area contributed by atoms with Crippen LogP contribution in [0.2, 0.25) is 0 Å². The molecule has 0 saturated carbocycles. The molecule has 0 bridgehead atoms. The van der Waals surface area contributed by atoms with Crippen molar-refractivity contribution in [2.24, 2.45) is 0 Å². The Kier molecular flexibility index (Phi) is 8.10. The average molecular weight is 536 g/mol. The predicted molar refractivity (Wildman–Crippen MR) is 149 cm³/mol. The van der Waals surface area contributed by atoms with Gasteiger partial charge in [0.15, 0.2) is 12.1 Å². The molecule has 3 heterocycles. The van der Waals surface area contributed by atoms with E-state index in [4.69, 9.17) is 4.74 Å². The van der Waals surface area contributed by atoms with Crippen LogP contribution in [0.4, 0.5) is 10.5 Å². The molecule has 2 N–H and O–H groups in total. The second-order valence-electron chi connectivity index (χ2n) is 9.55. The van der Waals surface area contributed by atoms with Gasteiger partial charge in [-0.25, -0.2) is 4.79 Å². The molecular weight excluding hydrogens is 506 g/mol. The molecule has 9 nitrogen and oxygen atoms in total. The van der Waals surface area contributed by atoms with Crippen LogP contribution in [-0.4, -0.2) is 45.4 Å². The molecule has 4 aromatic rings. The lowest BCUT2D eigenvalue weighted by Gasteiger charge is -2.24. The summed E-state index contributed by atoms with van der Waals surface area (Å²) in [6.45, 7) is 2.57. The maximum atomic E-state index is 13.5. The van der Waals surface area contributed by atoms with Crippen molar-refractivity contribution in [3.8, 4) is 0 Å². The summed E-state index contributed by atoms with van der Waals surface area (Å²) in [5.41, 5.74) is 4.46. The summed E-state index contributed by atoms with van der Waals surface area (Å²) in [5, 5.41) is 5.79. The molecule has 3 amide bonds. The minimum absolute atomic E-state index is 0.231. The molecule has 2 aromatic carbocycles. The minimum atomic E-state index is -0.882. The molecule has 2 unspecified atom stereocenters. The molecule has 1 saturated heterocycles. The lowest BCUT2D eigenvalue weighted by atomic mass is 10.00. The number of nitrogens with one attached hydrogen (secondary N) is 2. The summed E-state index contributed by atoms with van der Waals surface area (Å²) in [5.74, 6) is -0.601. The van der Waals surface area contributed by atoms with E-state index in [-0.39, 0.29) is 18.4 Å². The van der Waals surface area contributed by atoms with Gasteiger partial charge in [-0.05, 0) is 54.4 Å². The van der Waals surface area contributed by atoms with Crippen LogP contribution in [0.25, 0.3) is 0 Å². The van der Waals surface area contributed by atoms with Crippen molar-refractivity contribution < 1.29 is 19.1 Å². The maximum absolute atomic E-state index is 13.5. The molecule has 2 aromatic heterocycles. The van der Waals surface area contributed by atoms with Crippen molar-refractivity contribution in [1.82, 2.24) is 20.2 Å². The summed E-state index contributed by atoms with van der Waals surface area (Å²) in [7, 11) is 0. The summed E-state index contributed by atoms with van der Waals surface area (Å²) in [6.07, 6.45) is 3.97. The van der Waals surface area contributed by atoms with E-state index in [1.165, 1.54) is 11.1 Å². The zero-order valence-electron chi connectivity index (χ0n) is 22.0. The lowest BCUT2D eigenvalue weighted by molar-refractivity contribution is -0.126. The second kappa shape index (κ2) is 12.2. The number of pyridine rings is 2. The Balaban J connectivity index is 1.34. The first-order valence-corrected chi connectivity index (χ1v) is 13.0. The lowest BCUT2D eigenvalue weighted by Crippen LogP contribution is -2.46. The van der Waals surface area contributed by atoms with Crippen molar-refractivity contribution in [2.75, 3.05) is 11.9 Å². The van der Waals surface area contributed by atoms with Gasteiger partial charge in [0, 0.05) is 42.9 Å². The standard InChI is InChI=1S/C31H29N5O4/c1-21-6-4-7-22(18-21)20-36-27(30(38)34-17-14-25-9-2-3-16-33-25)28(40-31(36)39)23-10-12-26(13-11-23)35-29(37)24-8-5-15-32-19-24/h2-13,15-16,18-19,27-28H,14,17,20H2,1H3,(H,34,38)(H,35,37). The van der Waals surface area contributed by atoms with E-state index >= 15 is 0 Å². The fourth-order valence-electron chi connectivity index (χ4n) is 4.64. The van der Waals surface area contributed by atoms with Gasteiger partial charge in [-0.1, -0.05) is 48.0 Å². The average Bonchev–Trinajstić information content (AvgIpc) is 3.30. The second-order valence-corrected chi connectivity index (χ2v) is 9.55. The van der Waals surface area contributed by atoms with Crippen LogP contribution in [0, 0.1) is 6.92 Å². The summed E-state index contributed by atoms with van der Waals surface area (Å²) in [4.78, 5) is 48.8. The van der Waals surface area contributed by atoms with E-state index in [0.29, 0.717) is 29.8 Å². The van der Waals surface area contributed by atoms with Gasteiger partial charge < -0.3 is 15.4 Å². The van der Waals surface area contributed by atoms with Crippen LogP contribution < -0.4 is 10.6 Å². The van der Waals surface area contributed by atoms with Gasteiger partial charge in [0.25, 0.3) is 5.91 Å². The Morgan fingerprint density at radius 3 is 2.55 bits per heavy atom. The molecule has 5 rings (SSSR count). The molecule has 0 aliphatic carbocycles. The zero-order valence-corrected chi connectivity index (χ0v) is 22.0. The van der Waals surface area contributed by atoms with Crippen LogP contribution in [-0.2, 0) is 22.5 Å². The molecule has 202 valence electrons. The third kappa shape index (κ3) is 6.32. The highest BCUT2D eigenvalue weighted by Gasteiger charge is 2.46. The van der Waals surface area contributed by atoms with E-state index in [9.17, 15) is 14.4 Å². The molecule has 1 aliphatic rings. The highest BCUT2D eigenvalue weighted by molar-refractivity contribution is 6.04. The number of aromatic nitrogens is 2. The third-order valence-corrected chi connectivity index (χ3v) is 6.62. The first-order valence-electron chi connectivity index (χ1n) is 13.0. The number of anilines is 1. The molecule has 1 aliphatic heterocycles. The Morgan fingerprint density at radius 2 is 1.82 bits per heavy atom. The van der Waals surface area contributed by atoms with Crippen molar-refractivity contribution in [3.05, 3.63) is 125 Å². The van der Waals surface area contributed by atoms with Gasteiger partial charge in [-0.2, -0.15) is 0 Å². The first kappa shape index (κ1) is 26.6. The topological polar surface area (TPSA) is 114 Å². The highest BCUT2D eigenvalue weighted by Crippen LogP contribution is 2.34. The van der Waals surface area contributed by atoms with Crippen molar-refractivity contribution >= 4 is 23.6 Å². The summed E-state index contributed by atoms with van der Waals surface area (Å²) >= 11 is 0. The quantitative estimate of drug-likeness (QED) is 0.327. The normalized spacial score (nSPS) is 16.3. The van der Waals surface area contributed by atoms with Gasteiger partial charge in [0.05, 0.1) is 12.1 Å². The Hall–Kier alpha value is -5.05. The number of ether oxygens (including phenoxy) is 1. The third-order valence-electron chi connectivity index (χ3n) is 6.62. The molecule has 9 heteroatoms. The number of rotatable bonds is 9. The summed E-state index contributed by atoms with van der Waals surface area (Å²) < 4.78 is 5.77. The number of hydrogen-bond acceptors (Lipinski definition) is 6. The van der Waals surface area contributed by atoms with E-state index in [1.54, 1.807) is 48.8 Å². The van der Waals surface area contributed by atoms with E-state index in [0.717, 1.165) is 16.8 Å². The van der Waals surface area contributed by atoms with Crippen LogP contribution in [0.3, 0.4) is 0 Å². The summed E-state index contributed by atoms with van der Waals surface area (Å²) in [6, 6.07) is 22.9. The molecule has 40 heavy (non-hydrogen) atoms. The van der Waals surface area contributed by atoms with E-state index in [1.807, 2.05) is 49.4 Å². The van der Waals surface area contributed by atoms with Crippen LogP contribution in [0.5, 0.6) is 0 Å². The Morgan fingerprint density at radius 1 is 0.975 bits per heavy atom. The van der Waals surface area contributed by atoms with Gasteiger partial charge in [0.1, 0.15) is 0 Å². The van der Waals surface area contributed by atoms with Crippen molar-refractivity contribution in [1.29, 1.82) is 0 Å². The molecule has 0 radical (unpaired) electrons. The fourth-order valence-corrected chi connectivity index (χ4v) is 4.64. The predicted octanol–water partition coefficient (Wildman–Crippen LogP) is 4.46. The van der Waals surface area contributed by atoms with Gasteiger partial charge >= 0.3 is 6.09 Å². The van der Waals surface area contributed by atoms with E-state index in [2.05, 4.69) is 20.6 Å². The smallest absolute Gasteiger partial charge is 0.411 e. The number of nitrogens with zero attached hydrogens (tertiary/aromatic N) is 3. The van der Waals surface area contributed by atoms with Crippen LogP contribution in [0.15, 0.2) is 97.5 Å². The van der Waals surface area contributed by atoms with E-state index < -0.39 is 18.2 Å². The van der Waals surface area contributed by atoms with Crippen LogP contribution >= 0.6 is 0 Å². The number of cyclic esters (lactones) is 1. The molecule has 0 spiro atoms. The highest BCUT2D eigenvalue weighted by atomic mass is 16.6. The zero-order chi connectivity index (χ0) is 27.9. The fraction of sp³-hybridized carbons (Fsp3) is 0.194. The SMILES string of the molecule is Cc1cccc(CN2C(=O)OC(c3ccc(NC(=O)c4cccnc4)cc3)C2C(=O)NCCc2ccccn2)c1. The largest absolute Gasteiger partial charge is 0.438 e.